The van der Waals surface area contributed by atoms with Crippen LogP contribution in [0.5, 0.6) is 0 Å². The van der Waals surface area contributed by atoms with Crippen LogP contribution in [0.1, 0.15) is 12.5 Å². The molecule has 1 rings (SSSR count). The number of esters is 1. The number of hydrogen-bond acceptors (Lipinski definition) is 2. The van der Waals surface area contributed by atoms with Gasteiger partial charge in [0.1, 0.15) is 0 Å². The van der Waals surface area contributed by atoms with Gasteiger partial charge in [0.25, 0.3) is 0 Å². The van der Waals surface area contributed by atoms with E-state index in [9.17, 15) is 4.79 Å². The fraction of sp³-hybridized carbons (Fsp3) is 0.300. The van der Waals surface area contributed by atoms with Crippen LogP contribution in [-0.4, -0.2) is 12.6 Å². The van der Waals surface area contributed by atoms with E-state index >= 15 is 0 Å². The van der Waals surface area contributed by atoms with Crippen LogP contribution in [0, 0.1) is 6.07 Å². The highest BCUT2D eigenvalue weighted by Crippen LogP contribution is 1.99. The topological polar surface area (TPSA) is 26.3 Å². The second-order valence-electron chi connectivity index (χ2n) is 2.39. The normalized spacial score (nSPS) is 9.42. The molecule has 63 valence electrons. The van der Waals surface area contributed by atoms with Gasteiger partial charge < -0.3 is 4.74 Å². The smallest absolute Gasteiger partial charge is 0.310 e. The summed E-state index contributed by atoms with van der Waals surface area (Å²) in [5.74, 6) is -0.177. The Morgan fingerprint density at radius 1 is 1.50 bits per heavy atom. The molecule has 0 aliphatic heterocycles. The van der Waals surface area contributed by atoms with Gasteiger partial charge in [0, 0.05) is 0 Å². The number of carbonyl (C=O) groups excluding carboxylic acids is 1. The van der Waals surface area contributed by atoms with Gasteiger partial charge in [-0.25, -0.2) is 0 Å². The summed E-state index contributed by atoms with van der Waals surface area (Å²) < 4.78 is 4.80. The van der Waals surface area contributed by atoms with Crippen molar-refractivity contribution in [3.05, 3.63) is 35.9 Å². The third-order valence-corrected chi connectivity index (χ3v) is 1.44. The monoisotopic (exact) mass is 163 g/mol. The molecule has 2 heteroatoms. The Morgan fingerprint density at radius 2 is 2.17 bits per heavy atom. The molecule has 2 nitrogen and oxygen atoms in total. The molecule has 1 radical (unpaired) electrons. The van der Waals surface area contributed by atoms with Gasteiger partial charge in [-0.15, -0.1) is 0 Å². The highest BCUT2D eigenvalue weighted by molar-refractivity contribution is 5.72. The molecule has 0 aliphatic rings. The maximum absolute atomic E-state index is 11.0. The van der Waals surface area contributed by atoms with Crippen LogP contribution in [0.2, 0.25) is 0 Å². The Bertz CT molecular complexity index is 241. The summed E-state index contributed by atoms with van der Waals surface area (Å²) in [7, 11) is 0. The Balaban J connectivity index is 2.47. The molecule has 0 aliphatic carbocycles. The molecule has 0 fully saturated rings. The molecular weight excluding hydrogens is 152 g/mol. The molecule has 1 aromatic carbocycles. The van der Waals surface area contributed by atoms with Crippen LogP contribution in [0.25, 0.3) is 0 Å². The van der Waals surface area contributed by atoms with Crippen molar-refractivity contribution < 1.29 is 9.53 Å². The standard InChI is InChI=1S/C10H11O2/c1-2-12-10(11)8-9-6-4-3-5-7-9/h4-7H,2,8H2,1H3. The van der Waals surface area contributed by atoms with Crippen molar-refractivity contribution in [2.24, 2.45) is 0 Å². The van der Waals surface area contributed by atoms with Crippen molar-refractivity contribution in [1.82, 2.24) is 0 Å². The largest absolute Gasteiger partial charge is 0.466 e. The molecule has 0 aromatic heterocycles. The van der Waals surface area contributed by atoms with E-state index in [4.69, 9.17) is 4.74 Å². The summed E-state index contributed by atoms with van der Waals surface area (Å²) >= 11 is 0. The summed E-state index contributed by atoms with van der Waals surface area (Å²) in [6, 6.07) is 10.2. The zero-order valence-corrected chi connectivity index (χ0v) is 7.04. The van der Waals surface area contributed by atoms with Gasteiger partial charge in [-0.2, -0.15) is 0 Å². The highest BCUT2D eigenvalue weighted by Gasteiger charge is 2.01. The Labute approximate surface area is 72.2 Å². The van der Waals surface area contributed by atoms with Crippen molar-refractivity contribution in [1.29, 1.82) is 0 Å². The Kier molecular flexibility index (Phi) is 3.33. The molecule has 0 spiro atoms. The second kappa shape index (κ2) is 4.54. The first-order valence-corrected chi connectivity index (χ1v) is 3.93. The van der Waals surface area contributed by atoms with Crippen LogP contribution >= 0.6 is 0 Å². The first kappa shape index (κ1) is 8.78. The van der Waals surface area contributed by atoms with Crippen molar-refractivity contribution in [2.75, 3.05) is 6.61 Å². The number of rotatable bonds is 3. The predicted octanol–water partition coefficient (Wildman–Crippen LogP) is 1.59. The van der Waals surface area contributed by atoms with Gasteiger partial charge in [-0.05, 0) is 18.6 Å². The van der Waals surface area contributed by atoms with Gasteiger partial charge in [0.05, 0.1) is 13.0 Å². The minimum absolute atomic E-state index is 0.177. The van der Waals surface area contributed by atoms with Crippen LogP contribution < -0.4 is 0 Å². The molecule has 1 aromatic rings. The average Bonchev–Trinajstić information content (AvgIpc) is 2.06. The van der Waals surface area contributed by atoms with Gasteiger partial charge in [-0.1, -0.05) is 24.3 Å². The van der Waals surface area contributed by atoms with Crippen molar-refractivity contribution in [3.8, 4) is 0 Å². The van der Waals surface area contributed by atoms with E-state index in [1.165, 1.54) is 0 Å². The van der Waals surface area contributed by atoms with E-state index in [0.717, 1.165) is 5.56 Å². The van der Waals surface area contributed by atoms with E-state index in [1.807, 2.05) is 12.1 Å². The zero-order chi connectivity index (χ0) is 8.81. The molecular formula is C10H11O2. The van der Waals surface area contributed by atoms with Crippen molar-refractivity contribution >= 4 is 5.97 Å². The lowest BCUT2D eigenvalue weighted by Gasteiger charge is -2.00. The van der Waals surface area contributed by atoms with Crippen molar-refractivity contribution in [2.45, 2.75) is 13.3 Å². The van der Waals surface area contributed by atoms with E-state index < -0.39 is 0 Å². The molecule has 0 bridgehead atoms. The first-order valence-electron chi connectivity index (χ1n) is 3.93. The maximum Gasteiger partial charge on any atom is 0.310 e. The van der Waals surface area contributed by atoms with Gasteiger partial charge in [-0.3, -0.25) is 4.79 Å². The number of benzene rings is 1. The quantitative estimate of drug-likeness (QED) is 0.632. The first-order chi connectivity index (χ1) is 5.83. The van der Waals surface area contributed by atoms with Crippen molar-refractivity contribution in [3.63, 3.8) is 0 Å². The molecule has 0 atom stereocenters. The Morgan fingerprint density at radius 3 is 2.75 bits per heavy atom. The fourth-order valence-corrected chi connectivity index (χ4v) is 0.918. The van der Waals surface area contributed by atoms with Gasteiger partial charge >= 0.3 is 5.97 Å². The molecule has 0 N–H and O–H groups in total. The van der Waals surface area contributed by atoms with E-state index in [1.54, 1.807) is 19.1 Å². The lowest BCUT2D eigenvalue weighted by molar-refractivity contribution is -0.142. The molecule has 0 saturated heterocycles. The summed E-state index contributed by atoms with van der Waals surface area (Å²) in [6.07, 6.45) is 0.350. The van der Waals surface area contributed by atoms with E-state index in [0.29, 0.717) is 13.0 Å². The SMILES string of the molecule is CCOC(=O)Cc1cc[c]cc1. The lowest BCUT2D eigenvalue weighted by atomic mass is 10.2. The third-order valence-electron chi connectivity index (χ3n) is 1.44. The minimum atomic E-state index is -0.177. The van der Waals surface area contributed by atoms with Crippen LogP contribution in [-0.2, 0) is 16.0 Å². The van der Waals surface area contributed by atoms with Gasteiger partial charge in [0.2, 0.25) is 0 Å². The Hall–Kier alpha value is -1.31. The molecule has 0 unspecified atom stereocenters. The fourth-order valence-electron chi connectivity index (χ4n) is 0.918. The van der Waals surface area contributed by atoms with Gasteiger partial charge in [0.15, 0.2) is 0 Å². The third kappa shape index (κ3) is 2.74. The molecule has 12 heavy (non-hydrogen) atoms. The van der Waals surface area contributed by atoms with Crippen LogP contribution in [0.15, 0.2) is 24.3 Å². The van der Waals surface area contributed by atoms with Crippen LogP contribution in [0.4, 0.5) is 0 Å². The highest BCUT2D eigenvalue weighted by atomic mass is 16.5. The summed E-state index contributed by atoms with van der Waals surface area (Å²) in [5, 5.41) is 0. The minimum Gasteiger partial charge on any atom is -0.466 e. The molecule has 0 amide bonds. The maximum atomic E-state index is 11.0. The zero-order valence-electron chi connectivity index (χ0n) is 7.04. The van der Waals surface area contributed by atoms with E-state index in [2.05, 4.69) is 6.07 Å². The lowest BCUT2D eigenvalue weighted by Crippen LogP contribution is -2.07. The summed E-state index contributed by atoms with van der Waals surface area (Å²) in [6.45, 7) is 2.24. The molecule has 0 heterocycles. The van der Waals surface area contributed by atoms with E-state index in [-0.39, 0.29) is 5.97 Å². The number of hydrogen-bond donors (Lipinski definition) is 0. The summed E-state index contributed by atoms with van der Waals surface area (Å²) in [5.41, 5.74) is 0.965. The number of carbonyl (C=O) groups is 1. The van der Waals surface area contributed by atoms with Crippen LogP contribution in [0.3, 0.4) is 0 Å². The predicted molar refractivity (Wildman–Crippen MR) is 45.6 cm³/mol. The number of ether oxygens (including phenoxy) is 1. The second-order valence-corrected chi connectivity index (χ2v) is 2.39. The summed E-state index contributed by atoms with van der Waals surface area (Å²) in [4.78, 5) is 11.0. The average molecular weight is 163 g/mol. The molecule has 0 saturated carbocycles.